The molecule has 1 aromatic carbocycles. The lowest BCUT2D eigenvalue weighted by Gasteiger charge is -2.06. The summed E-state index contributed by atoms with van der Waals surface area (Å²) in [6, 6.07) is 7.56. The zero-order valence-electron chi connectivity index (χ0n) is 8.94. The van der Waals surface area contributed by atoms with E-state index < -0.39 is 11.7 Å². The molecule has 0 aliphatic carbocycles. The van der Waals surface area contributed by atoms with Gasteiger partial charge in [0, 0.05) is 0 Å². The minimum Gasteiger partial charge on any atom is -0.467 e. The van der Waals surface area contributed by atoms with Crippen LogP contribution in [0.15, 0.2) is 41.0 Å². The molecule has 0 spiro atoms. The Morgan fingerprint density at radius 3 is 2.88 bits per heavy atom. The van der Waals surface area contributed by atoms with Crippen LogP contribution in [0.3, 0.4) is 0 Å². The second kappa shape index (κ2) is 4.69. The first-order valence-electron chi connectivity index (χ1n) is 5.03. The highest BCUT2D eigenvalue weighted by molar-refractivity contribution is 5.99. The quantitative estimate of drug-likeness (QED) is 0.797. The van der Waals surface area contributed by atoms with E-state index in [1.165, 1.54) is 24.5 Å². The lowest BCUT2D eigenvalue weighted by molar-refractivity contribution is 0.0948. The summed E-state index contributed by atoms with van der Waals surface area (Å²) in [7, 11) is 0. The summed E-state index contributed by atoms with van der Waals surface area (Å²) in [4.78, 5) is 11.7. The summed E-state index contributed by atoms with van der Waals surface area (Å²) in [6.45, 7) is 0.238. The summed E-state index contributed by atoms with van der Waals surface area (Å²) in [5.74, 6) is -0.414. The van der Waals surface area contributed by atoms with Crippen LogP contribution in [0.4, 0.5) is 10.1 Å². The molecule has 4 nitrogen and oxygen atoms in total. The van der Waals surface area contributed by atoms with Crippen LogP contribution < -0.4 is 11.1 Å². The van der Waals surface area contributed by atoms with Crippen molar-refractivity contribution in [3.8, 4) is 0 Å². The van der Waals surface area contributed by atoms with Crippen molar-refractivity contribution in [1.29, 1.82) is 0 Å². The Morgan fingerprint density at radius 2 is 2.18 bits per heavy atom. The summed E-state index contributed by atoms with van der Waals surface area (Å²) < 4.78 is 18.2. The first-order chi connectivity index (χ1) is 8.18. The molecule has 0 aliphatic heterocycles. The van der Waals surface area contributed by atoms with Crippen LogP contribution in [0.5, 0.6) is 0 Å². The van der Waals surface area contributed by atoms with E-state index in [0.717, 1.165) is 0 Å². The Morgan fingerprint density at radius 1 is 1.35 bits per heavy atom. The van der Waals surface area contributed by atoms with Crippen molar-refractivity contribution in [1.82, 2.24) is 5.32 Å². The van der Waals surface area contributed by atoms with E-state index >= 15 is 0 Å². The number of nitrogen functional groups attached to an aromatic ring is 1. The Labute approximate surface area is 97.2 Å². The van der Waals surface area contributed by atoms with Gasteiger partial charge in [0.15, 0.2) is 0 Å². The number of benzene rings is 1. The molecule has 1 aromatic heterocycles. The van der Waals surface area contributed by atoms with Crippen LogP contribution in [0, 0.1) is 5.82 Å². The maximum Gasteiger partial charge on any atom is 0.253 e. The SMILES string of the molecule is Nc1c(F)cccc1C(=O)NCc1ccco1. The van der Waals surface area contributed by atoms with Gasteiger partial charge in [-0.1, -0.05) is 6.07 Å². The van der Waals surface area contributed by atoms with Gasteiger partial charge >= 0.3 is 0 Å². The molecule has 1 heterocycles. The molecule has 0 saturated carbocycles. The fourth-order valence-corrected chi connectivity index (χ4v) is 1.41. The molecule has 0 saturated heterocycles. The largest absolute Gasteiger partial charge is 0.467 e. The van der Waals surface area contributed by atoms with Crippen LogP contribution >= 0.6 is 0 Å². The molecule has 2 aromatic rings. The summed E-state index contributed by atoms with van der Waals surface area (Å²) in [6.07, 6.45) is 1.51. The number of furan rings is 1. The van der Waals surface area contributed by atoms with Crippen LogP contribution in [-0.2, 0) is 6.54 Å². The lowest BCUT2D eigenvalue weighted by Crippen LogP contribution is -2.23. The van der Waals surface area contributed by atoms with E-state index in [2.05, 4.69) is 5.32 Å². The molecule has 17 heavy (non-hydrogen) atoms. The number of nitrogens with one attached hydrogen (secondary N) is 1. The summed E-state index contributed by atoms with van der Waals surface area (Å²) in [5.41, 5.74) is 5.45. The lowest BCUT2D eigenvalue weighted by atomic mass is 10.1. The zero-order chi connectivity index (χ0) is 12.3. The molecule has 0 atom stereocenters. The average molecular weight is 234 g/mol. The van der Waals surface area contributed by atoms with Gasteiger partial charge in [0.25, 0.3) is 5.91 Å². The van der Waals surface area contributed by atoms with Gasteiger partial charge in [-0.2, -0.15) is 0 Å². The monoisotopic (exact) mass is 234 g/mol. The van der Waals surface area contributed by atoms with E-state index in [0.29, 0.717) is 5.76 Å². The highest BCUT2D eigenvalue weighted by Gasteiger charge is 2.12. The van der Waals surface area contributed by atoms with Crippen LogP contribution in [0.25, 0.3) is 0 Å². The number of carbonyl (C=O) groups is 1. The molecule has 1 amide bonds. The number of nitrogens with two attached hydrogens (primary N) is 1. The second-order valence-corrected chi connectivity index (χ2v) is 3.46. The van der Waals surface area contributed by atoms with Crippen molar-refractivity contribution >= 4 is 11.6 Å². The number of carbonyl (C=O) groups excluding carboxylic acids is 1. The normalized spacial score (nSPS) is 10.2. The van der Waals surface area contributed by atoms with Gasteiger partial charge < -0.3 is 15.5 Å². The first kappa shape index (κ1) is 11.2. The van der Waals surface area contributed by atoms with E-state index in [-0.39, 0.29) is 17.8 Å². The number of hydrogen-bond acceptors (Lipinski definition) is 3. The number of rotatable bonds is 3. The van der Waals surface area contributed by atoms with Crippen molar-refractivity contribution in [2.24, 2.45) is 0 Å². The third-order valence-electron chi connectivity index (χ3n) is 2.30. The predicted octanol–water partition coefficient (Wildman–Crippen LogP) is 1.93. The third-order valence-corrected chi connectivity index (χ3v) is 2.30. The molecular formula is C12H11FN2O2. The Balaban J connectivity index is 2.07. The molecule has 5 heteroatoms. The number of anilines is 1. The van der Waals surface area contributed by atoms with Gasteiger partial charge in [0.2, 0.25) is 0 Å². The minimum absolute atomic E-state index is 0.122. The average Bonchev–Trinajstić information content (AvgIpc) is 2.82. The maximum atomic E-state index is 13.1. The maximum absolute atomic E-state index is 13.1. The second-order valence-electron chi connectivity index (χ2n) is 3.46. The van der Waals surface area contributed by atoms with E-state index in [4.69, 9.17) is 10.2 Å². The van der Waals surface area contributed by atoms with E-state index in [1.54, 1.807) is 12.1 Å². The van der Waals surface area contributed by atoms with E-state index in [9.17, 15) is 9.18 Å². The number of hydrogen-bond donors (Lipinski definition) is 2. The smallest absolute Gasteiger partial charge is 0.253 e. The number of amides is 1. The molecule has 0 aliphatic rings. The molecule has 88 valence electrons. The van der Waals surface area contributed by atoms with Gasteiger partial charge in [-0.05, 0) is 24.3 Å². The van der Waals surface area contributed by atoms with Gasteiger partial charge in [0.05, 0.1) is 24.1 Å². The molecule has 3 N–H and O–H groups in total. The zero-order valence-corrected chi connectivity index (χ0v) is 8.94. The van der Waals surface area contributed by atoms with Crippen molar-refractivity contribution in [2.75, 3.05) is 5.73 Å². The molecule has 0 radical (unpaired) electrons. The molecule has 0 unspecified atom stereocenters. The van der Waals surface area contributed by atoms with Gasteiger partial charge in [-0.25, -0.2) is 4.39 Å². The third kappa shape index (κ3) is 2.44. The van der Waals surface area contributed by atoms with Crippen LogP contribution in [0.2, 0.25) is 0 Å². The molecule has 2 rings (SSSR count). The van der Waals surface area contributed by atoms with Gasteiger partial charge in [0.1, 0.15) is 11.6 Å². The van der Waals surface area contributed by atoms with Crippen molar-refractivity contribution in [3.05, 3.63) is 53.7 Å². The Kier molecular flexibility index (Phi) is 3.09. The van der Waals surface area contributed by atoms with Crippen molar-refractivity contribution in [3.63, 3.8) is 0 Å². The summed E-state index contributed by atoms with van der Waals surface area (Å²) in [5, 5.41) is 2.59. The predicted molar refractivity (Wildman–Crippen MR) is 60.7 cm³/mol. The molecule has 0 fully saturated rings. The molecule has 0 bridgehead atoms. The minimum atomic E-state index is -0.601. The topological polar surface area (TPSA) is 68.3 Å². The first-order valence-corrected chi connectivity index (χ1v) is 5.03. The Bertz CT molecular complexity index is 523. The fraction of sp³-hybridized carbons (Fsp3) is 0.0833. The number of para-hydroxylation sites is 1. The van der Waals surface area contributed by atoms with Crippen LogP contribution in [-0.4, -0.2) is 5.91 Å². The van der Waals surface area contributed by atoms with Crippen molar-refractivity contribution in [2.45, 2.75) is 6.54 Å². The van der Waals surface area contributed by atoms with Crippen LogP contribution in [0.1, 0.15) is 16.1 Å². The number of halogens is 1. The highest BCUT2D eigenvalue weighted by Crippen LogP contribution is 2.15. The standard InChI is InChI=1S/C12H11FN2O2/c13-10-5-1-4-9(11(10)14)12(16)15-7-8-3-2-6-17-8/h1-6H,7,14H2,(H,15,16). The van der Waals surface area contributed by atoms with Crippen molar-refractivity contribution < 1.29 is 13.6 Å². The molecular weight excluding hydrogens is 223 g/mol. The van der Waals surface area contributed by atoms with E-state index in [1.807, 2.05) is 0 Å². The summed E-state index contributed by atoms with van der Waals surface area (Å²) >= 11 is 0. The fourth-order valence-electron chi connectivity index (χ4n) is 1.41. The van der Waals surface area contributed by atoms with Gasteiger partial charge in [-0.15, -0.1) is 0 Å². The Hall–Kier alpha value is -2.30. The highest BCUT2D eigenvalue weighted by atomic mass is 19.1. The van der Waals surface area contributed by atoms with Gasteiger partial charge in [-0.3, -0.25) is 4.79 Å².